The largest absolute Gasteiger partial charge is 0.0645 e. The number of rotatable bonds is 2. The average molecular weight is 225 g/mol. The summed E-state index contributed by atoms with van der Waals surface area (Å²) in [6.45, 7) is 2.29. The molecule has 0 unspecified atom stereocenters. The highest BCUT2D eigenvalue weighted by atomic mass is 79.9. The predicted octanol–water partition coefficient (Wildman–Crippen LogP) is 3.89. The average Bonchev–Trinajstić information content (AvgIpc) is 2.84. The van der Waals surface area contributed by atoms with Crippen molar-refractivity contribution in [3.63, 3.8) is 0 Å². The van der Waals surface area contributed by atoms with Gasteiger partial charge in [-0.2, -0.15) is 0 Å². The van der Waals surface area contributed by atoms with Gasteiger partial charge in [-0.25, -0.2) is 0 Å². The summed E-state index contributed by atoms with van der Waals surface area (Å²) in [4.78, 5) is 0. The zero-order valence-corrected chi connectivity index (χ0v) is 8.89. The molecule has 1 aliphatic rings. The van der Waals surface area contributed by atoms with Gasteiger partial charge in [0, 0.05) is 4.47 Å². The van der Waals surface area contributed by atoms with Gasteiger partial charge in [-0.15, -0.1) is 0 Å². The minimum atomic E-state index is 0.545. The Morgan fingerprint density at radius 1 is 1.42 bits per heavy atom. The van der Waals surface area contributed by atoms with E-state index in [1.165, 1.54) is 29.3 Å². The van der Waals surface area contributed by atoms with Crippen molar-refractivity contribution in [2.75, 3.05) is 0 Å². The third-order valence-corrected chi connectivity index (χ3v) is 3.46. The molecule has 12 heavy (non-hydrogen) atoms. The second-order valence-corrected chi connectivity index (χ2v) is 4.56. The minimum Gasteiger partial charge on any atom is -0.0645 e. The van der Waals surface area contributed by atoms with Crippen molar-refractivity contribution in [2.45, 2.75) is 31.6 Å². The highest BCUT2D eigenvalue weighted by molar-refractivity contribution is 9.10. The van der Waals surface area contributed by atoms with E-state index in [-0.39, 0.29) is 0 Å². The Kier molecular flexibility index (Phi) is 1.99. The molecule has 1 saturated carbocycles. The summed E-state index contributed by atoms with van der Waals surface area (Å²) in [6.07, 6.45) is 4.03. The Balaban J connectivity index is 2.34. The molecule has 0 spiro atoms. The van der Waals surface area contributed by atoms with Crippen LogP contribution < -0.4 is 0 Å². The molecule has 1 aromatic carbocycles. The van der Waals surface area contributed by atoms with Crippen LogP contribution in [0.4, 0.5) is 0 Å². The standard InChI is InChI=1S/C11H13Br/c1-2-11(6-7-11)9-4-3-5-10(12)8-9/h3-5,8H,2,6-7H2,1H3. The molecular formula is C11H13Br. The second kappa shape index (κ2) is 2.88. The lowest BCUT2D eigenvalue weighted by Gasteiger charge is -2.12. The normalized spacial score (nSPS) is 19.2. The summed E-state index contributed by atoms with van der Waals surface area (Å²) >= 11 is 3.51. The van der Waals surface area contributed by atoms with Gasteiger partial charge in [0.25, 0.3) is 0 Å². The maximum Gasteiger partial charge on any atom is 0.0178 e. The molecule has 0 bridgehead atoms. The van der Waals surface area contributed by atoms with E-state index >= 15 is 0 Å². The molecule has 0 nitrogen and oxygen atoms in total. The van der Waals surface area contributed by atoms with Crippen LogP contribution in [0.3, 0.4) is 0 Å². The second-order valence-electron chi connectivity index (χ2n) is 3.64. The zero-order chi connectivity index (χ0) is 8.60. The van der Waals surface area contributed by atoms with Gasteiger partial charge < -0.3 is 0 Å². The Morgan fingerprint density at radius 2 is 2.17 bits per heavy atom. The molecule has 0 saturated heterocycles. The number of benzene rings is 1. The molecule has 0 aromatic heterocycles. The van der Waals surface area contributed by atoms with Crippen molar-refractivity contribution >= 4 is 15.9 Å². The summed E-state index contributed by atoms with van der Waals surface area (Å²) in [5, 5.41) is 0. The van der Waals surface area contributed by atoms with Gasteiger partial charge in [-0.3, -0.25) is 0 Å². The number of halogens is 1. The number of hydrogen-bond donors (Lipinski definition) is 0. The van der Waals surface area contributed by atoms with Crippen molar-refractivity contribution in [2.24, 2.45) is 0 Å². The Bertz CT molecular complexity index is 287. The van der Waals surface area contributed by atoms with Gasteiger partial charge in [-0.1, -0.05) is 35.0 Å². The van der Waals surface area contributed by atoms with Crippen molar-refractivity contribution < 1.29 is 0 Å². The summed E-state index contributed by atoms with van der Waals surface area (Å²) in [5.41, 5.74) is 2.06. The van der Waals surface area contributed by atoms with Crippen molar-refractivity contribution in [3.8, 4) is 0 Å². The molecule has 0 atom stereocenters. The lowest BCUT2D eigenvalue weighted by atomic mass is 9.94. The molecular weight excluding hydrogens is 212 g/mol. The fraction of sp³-hybridized carbons (Fsp3) is 0.455. The van der Waals surface area contributed by atoms with E-state index in [1.54, 1.807) is 0 Å². The first-order valence-corrected chi connectivity index (χ1v) is 5.32. The fourth-order valence-electron chi connectivity index (χ4n) is 1.82. The topological polar surface area (TPSA) is 0 Å². The van der Waals surface area contributed by atoms with E-state index < -0.39 is 0 Å². The molecule has 1 aromatic rings. The predicted molar refractivity (Wildman–Crippen MR) is 55.3 cm³/mol. The third kappa shape index (κ3) is 1.31. The lowest BCUT2D eigenvalue weighted by molar-refractivity contribution is 0.664. The quantitative estimate of drug-likeness (QED) is 0.716. The summed E-state index contributed by atoms with van der Waals surface area (Å²) in [7, 11) is 0. The smallest absolute Gasteiger partial charge is 0.0178 e. The van der Waals surface area contributed by atoms with E-state index in [0.717, 1.165) is 0 Å². The monoisotopic (exact) mass is 224 g/mol. The first-order chi connectivity index (χ1) is 5.77. The summed E-state index contributed by atoms with van der Waals surface area (Å²) in [5.74, 6) is 0. The van der Waals surface area contributed by atoms with Crippen LogP contribution >= 0.6 is 15.9 Å². The fourth-order valence-corrected chi connectivity index (χ4v) is 2.21. The molecule has 2 rings (SSSR count). The molecule has 0 radical (unpaired) electrons. The van der Waals surface area contributed by atoms with E-state index in [9.17, 15) is 0 Å². The van der Waals surface area contributed by atoms with Crippen LogP contribution in [0.1, 0.15) is 31.7 Å². The molecule has 0 heterocycles. The maximum absolute atomic E-state index is 3.51. The Morgan fingerprint density at radius 3 is 2.67 bits per heavy atom. The van der Waals surface area contributed by atoms with Crippen molar-refractivity contribution in [1.82, 2.24) is 0 Å². The van der Waals surface area contributed by atoms with Gasteiger partial charge in [-0.05, 0) is 42.4 Å². The number of hydrogen-bond acceptors (Lipinski definition) is 0. The van der Waals surface area contributed by atoms with Crippen LogP contribution in [0, 0.1) is 0 Å². The van der Waals surface area contributed by atoms with Gasteiger partial charge in [0.05, 0.1) is 0 Å². The van der Waals surface area contributed by atoms with E-state index in [2.05, 4.69) is 47.1 Å². The molecule has 0 N–H and O–H groups in total. The highest BCUT2D eigenvalue weighted by Crippen LogP contribution is 2.51. The first-order valence-electron chi connectivity index (χ1n) is 4.53. The van der Waals surface area contributed by atoms with Crippen LogP contribution in [-0.4, -0.2) is 0 Å². The molecule has 1 aliphatic carbocycles. The van der Waals surface area contributed by atoms with Crippen LogP contribution in [0.15, 0.2) is 28.7 Å². The summed E-state index contributed by atoms with van der Waals surface area (Å²) in [6, 6.07) is 8.74. The minimum absolute atomic E-state index is 0.545. The van der Waals surface area contributed by atoms with E-state index in [0.29, 0.717) is 5.41 Å². The third-order valence-electron chi connectivity index (χ3n) is 2.97. The van der Waals surface area contributed by atoms with Gasteiger partial charge in [0.2, 0.25) is 0 Å². The van der Waals surface area contributed by atoms with E-state index in [4.69, 9.17) is 0 Å². The molecule has 0 amide bonds. The Labute approximate surface area is 82.1 Å². The van der Waals surface area contributed by atoms with Crippen LogP contribution in [0.5, 0.6) is 0 Å². The van der Waals surface area contributed by atoms with Crippen LogP contribution in [0.2, 0.25) is 0 Å². The molecule has 0 aliphatic heterocycles. The van der Waals surface area contributed by atoms with E-state index in [1.807, 2.05) is 0 Å². The Hall–Kier alpha value is -0.300. The summed E-state index contributed by atoms with van der Waals surface area (Å²) < 4.78 is 1.21. The van der Waals surface area contributed by atoms with Gasteiger partial charge >= 0.3 is 0 Å². The molecule has 64 valence electrons. The molecule has 1 fully saturated rings. The van der Waals surface area contributed by atoms with Gasteiger partial charge in [0.15, 0.2) is 0 Å². The highest BCUT2D eigenvalue weighted by Gasteiger charge is 2.42. The van der Waals surface area contributed by atoms with Crippen molar-refractivity contribution in [1.29, 1.82) is 0 Å². The zero-order valence-electron chi connectivity index (χ0n) is 7.31. The maximum atomic E-state index is 3.51. The van der Waals surface area contributed by atoms with Gasteiger partial charge in [0.1, 0.15) is 0 Å². The van der Waals surface area contributed by atoms with Crippen molar-refractivity contribution in [3.05, 3.63) is 34.3 Å². The van der Waals surface area contributed by atoms with Crippen LogP contribution in [0.25, 0.3) is 0 Å². The van der Waals surface area contributed by atoms with Crippen LogP contribution in [-0.2, 0) is 5.41 Å². The lowest BCUT2D eigenvalue weighted by Crippen LogP contribution is -2.03. The first kappa shape index (κ1) is 8.31. The molecule has 1 heteroatoms. The SMILES string of the molecule is CCC1(c2cccc(Br)c2)CC1.